The van der Waals surface area contributed by atoms with E-state index in [-0.39, 0.29) is 45.0 Å². The molecular weight excluding hydrogens is 915 g/mol. The first-order chi connectivity index (χ1) is 35.4. The molecule has 368 valence electrons. The molecule has 13 nitrogen and oxygen atoms in total. The van der Waals surface area contributed by atoms with Crippen LogP contribution in [0.4, 0.5) is 0 Å². The van der Waals surface area contributed by atoms with Crippen molar-refractivity contribution in [2.45, 2.75) is 87.6 Å². The molecule has 7 aromatic carbocycles. The monoisotopic (exact) mass is 969 g/mol. The molecule has 0 aliphatic carbocycles. The average molecular weight is 970 g/mol. The van der Waals surface area contributed by atoms with Gasteiger partial charge in [0.1, 0.15) is 49.3 Å². The topological polar surface area (TPSA) is 146 Å². The maximum Gasteiger partial charge on any atom is 0.338 e. The molecule has 72 heavy (non-hydrogen) atoms. The van der Waals surface area contributed by atoms with Gasteiger partial charge in [-0.25, -0.2) is 9.59 Å². The molecule has 3 aliphatic rings. The molecule has 10 rings (SSSR count). The fourth-order valence-electron chi connectivity index (χ4n) is 9.32. The van der Waals surface area contributed by atoms with Crippen molar-refractivity contribution >= 4 is 28.6 Å². The maximum absolute atomic E-state index is 14.4. The normalized spacial score (nSPS) is 24.6. The number of hydrogen-bond donors (Lipinski definition) is 1. The van der Waals surface area contributed by atoms with E-state index < -0.39 is 79.2 Å². The summed E-state index contributed by atoms with van der Waals surface area (Å²) in [4.78, 5) is 42.6. The van der Waals surface area contributed by atoms with Crippen LogP contribution in [0.2, 0.25) is 0 Å². The third kappa shape index (κ3) is 12.0. The van der Waals surface area contributed by atoms with Crippen molar-refractivity contribution in [3.8, 4) is 0 Å². The van der Waals surface area contributed by atoms with Crippen molar-refractivity contribution in [2.75, 3.05) is 13.2 Å². The molecule has 7 aromatic rings. The van der Waals surface area contributed by atoms with Crippen molar-refractivity contribution in [3.05, 3.63) is 228 Å². The first-order valence-electron chi connectivity index (χ1n) is 24.2. The number of carbonyl (C=O) groups is 3. The van der Waals surface area contributed by atoms with E-state index in [1.54, 1.807) is 60.7 Å². The molecule has 0 aromatic heterocycles. The summed E-state index contributed by atoms with van der Waals surface area (Å²) < 4.78 is 59.8. The van der Waals surface area contributed by atoms with E-state index in [1.165, 1.54) is 0 Å². The van der Waals surface area contributed by atoms with Crippen LogP contribution in [0.15, 0.2) is 194 Å². The maximum atomic E-state index is 14.4. The van der Waals surface area contributed by atoms with E-state index in [9.17, 15) is 14.4 Å². The third-order valence-electron chi connectivity index (χ3n) is 13.0. The molecule has 0 saturated carbocycles. The molecule has 0 spiro atoms. The Morgan fingerprint density at radius 1 is 0.500 bits per heavy atom. The van der Waals surface area contributed by atoms with Crippen LogP contribution < -0.4 is 5.32 Å². The second-order valence-corrected chi connectivity index (χ2v) is 18.0. The van der Waals surface area contributed by atoms with Crippen molar-refractivity contribution in [2.24, 2.45) is 0 Å². The lowest BCUT2D eigenvalue weighted by atomic mass is 9.94. The lowest BCUT2D eigenvalue weighted by molar-refractivity contribution is -0.329. The van der Waals surface area contributed by atoms with Gasteiger partial charge in [0.25, 0.3) is 0 Å². The molecular formula is C59H55NO12. The average Bonchev–Trinajstić information content (AvgIpc) is 3.87. The summed E-state index contributed by atoms with van der Waals surface area (Å²) in [5.74, 6) is -1.70. The first kappa shape index (κ1) is 48.6. The molecule has 10 atom stereocenters. The Hall–Kier alpha value is -7.07. The molecule has 2 bridgehead atoms. The summed E-state index contributed by atoms with van der Waals surface area (Å²) in [6, 6.07) is 58.6. The van der Waals surface area contributed by atoms with E-state index in [4.69, 9.17) is 42.6 Å². The number of hydrogen-bond acceptors (Lipinski definition) is 12. The lowest BCUT2D eigenvalue weighted by Crippen LogP contribution is -2.68. The summed E-state index contributed by atoms with van der Waals surface area (Å²) in [6.07, 6.45) is -9.03. The van der Waals surface area contributed by atoms with Gasteiger partial charge in [-0.2, -0.15) is 0 Å². The number of fused-ring (bicyclic) bond motifs is 3. The summed E-state index contributed by atoms with van der Waals surface area (Å²) in [6.45, 7) is 0.222. The van der Waals surface area contributed by atoms with Gasteiger partial charge in [-0.3, -0.25) is 4.79 Å². The Balaban J connectivity index is 1.04. The van der Waals surface area contributed by atoms with Crippen molar-refractivity contribution in [3.63, 3.8) is 0 Å². The first-order valence-corrected chi connectivity index (χ1v) is 24.2. The molecule has 13 heteroatoms. The minimum absolute atomic E-state index is 0.0208. The van der Waals surface area contributed by atoms with E-state index in [2.05, 4.69) is 5.32 Å². The second-order valence-electron chi connectivity index (χ2n) is 18.0. The van der Waals surface area contributed by atoms with Gasteiger partial charge in [0, 0.05) is 0 Å². The second kappa shape index (κ2) is 23.4. The van der Waals surface area contributed by atoms with E-state index in [0.717, 1.165) is 33.0 Å². The van der Waals surface area contributed by atoms with Gasteiger partial charge in [-0.15, -0.1) is 0 Å². The van der Waals surface area contributed by atoms with E-state index >= 15 is 0 Å². The molecule has 0 radical (unpaired) electrons. The number of benzene rings is 7. The predicted octanol–water partition coefficient (Wildman–Crippen LogP) is 8.57. The van der Waals surface area contributed by atoms with Crippen molar-refractivity contribution < 1.29 is 57.0 Å². The zero-order chi connectivity index (χ0) is 49.1. The lowest BCUT2D eigenvalue weighted by Gasteiger charge is -2.48. The summed E-state index contributed by atoms with van der Waals surface area (Å²) >= 11 is 0. The molecule has 0 unspecified atom stereocenters. The summed E-state index contributed by atoms with van der Waals surface area (Å²) in [5.41, 5.74) is 4.00. The highest BCUT2D eigenvalue weighted by molar-refractivity contribution is 5.90. The van der Waals surface area contributed by atoms with Crippen LogP contribution in [0.1, 0.15) is 43.0 Å². The number of ether oxygens (including phenoxy) is 9. The highest BCUT2D eigenvalue weighted by Crippen LogP contribution is 2.38. The largest absolute Gasteiger partial charge is 0.459 e. The van der Waals surface area contributed by atoms with Gasteiger partial charge < -0.3 is 47.9 Å². The Kier molecular flexibility index (Phi) is 15.8. The van der Waals surface area contributed by atoms with Crippen LogP contribution in [-0.2, 0) is 73.7 Å². The smallest absolute Gasteiger partial charge is 0.338 e. The Morgan fingerprint density at radius 2 is 1.04 bits per heavy atom. The zero-order valence-corrected chi connectivity index (χ0v) is 39.4. The molecule has 3 fully saturated rings. The van der Waals surface area contributed by atoms with Crippen molar-refractivity contribution in [1.29, 1.82) is 0 Å². The minimum Gasteiger partial charge on any atom is -0.459 e. The number of esters is 2. The SMILES string of the molecule is O=C(Cc1ccccc1)N[C@H]1[C@@H](O[C@@H]2[C@@H](OCc3ccccc3)[C@@H](OCc3ccccc3)[C@@H]3OC[C@@H]2O3)O[C@H](COC(=O)c2ccccc2)[C@@H](OCc2ccc3ccccc3c2)[C@@H]1OC(=O)c1ccccc1. The summed E-state index contributed by atoms with van der Waals surface area (Å²) in [5, 5.41) is 5.20. The van der Waals surface area contributed by atoms with Crippen molar-refractivity contribution in [1.82, 2.24) is 5.32 Å². The number of nitrogens with one attached hydrogen (secondary N) is 1. The van der Waals surface area contributed by atoms with E-state index in [0.29, 0.717) is 5.56 Å². The van der Waals surface area contributed by atoms with Gasteiger partial charge >= 0.3 is 11.9 Å². The molecule has 3 saturated heterocycles. The van der Waals surface area contributed by atoms with Crippen LogP contribution in [0, 0.1) is 0 Å². The molecule has 3 aliphatic heterocycles. The fraction of sp³-hybridized carbons (Fsp3) is 0.271. The number of rotatable bonds is 19. The van der Waals surface area contributed by atoms with Crippen LogP contribution in [0.3, 0.4) is 0 Å². The Labute approximate surface area is 417 Å². The van der Waals surface area contributed by atoms with Crippen LogP contribution in [-0.4, -0.2) is 92.4 Å². The van der Waals surface area contributed by atoms with Gasteiger partial charge in [0.2, 0.25) is 5.91 Å². The van der Waals surface area contributed by atoms with Crippen LogP contribution in [0.25, 0.3) is 10.8 Å². The standard InChI is InChI=1S/C59H55NO12/c61-49(33-39-18-6-1-7-19-39)60-50-53(71-57(63)45-27-14-5-15-28-45)51(64-36-42-30-31-43-24-16-17-29-46(43)32-42)47(37-67-56(62)44-25-12-4-13-26-44)69-58(50)72-52-48-38-68-59(70-48)55(66-35-41-22-10-3-11-23-41)54(52)65-34-40-20-8-2-9-21-40/h1-32,47-48,50-55,58-59H,33-38H2,(H,60,61)/t47-,48+,50-,51-,52+,53-,54-,55-,58-,59-/m1/s1. The van der Waals surface area contributed by atoms with Gasteiger partial charge in [-0.05, 0) is 63.4 Å². The highest BCUT2D eigenvalue weighted by Gasteiger charge is 2.57. The Bertz CT molecular complexity index is 2860. The minimum atomic E-state index is -1.40. The summed E-state index contributed by atoms with van der Waals surface area (Å²) in [7, 11) is 0. The fourth-order valence-corrected chi connectivity index (χ4v) is 9.32. The van der Waals surface area contributed by atoms with Crippen LogP contribution in [0.5, 0.6) is 0 Å². The number of carbonyl (C=O) groups excluding carboxylic acids is 3. The van der Waals surface area contributed by atoms with Gasteiger partial charge in [0.15, 0.2) is 18.7 Å². The third-order valence-corrected chi connectivity index (χ3v) is 13.0. The molecule has 1 N–H and O–H groups in total. The predicted molar refractivity (Wildman–Crippen MR) is 265 cm³/mol. The van der Waals surface area contributed by atoms with Gasteiger partial charge in [0.05, 0.1) is 44.0 Å². The highest BCUT2D eigenvalue weighted by atomic mass is 16.8. The molecule has 3 heterocycles. The van der Waals surface area contributed by atoms with Crippen LogP contribution >= 0.6 is 0 Å². The Morgan fingerprint density at radius 3 is 1.69 bits per heavy atom. The quantitative estimate of drug-likeness (QED) is 0.0775. The van der Waals surface area contributed by atoms with Gasteiger partial charge in [-0.1, -0.05) is 164 Å². The zero-order valence-electron chi connectivity index (χ0n) is 39.4. The van der Waals surface area contributed by atoms with E-state index in [1.807, 2.05) is 133 Å². The number of amides is 1. The molecule has 1 amide bonds.